The first-order valence-electron chi connectivity index (χ1n) is 4.58. The van der Waals surface area contributed by atoms with E-state index in [2.05, 4.69) is 14.7 Å². The molecular formula is C8H12F3N3S. The van der Waals surface area contributed by atoms with Crippen molar-refractivity contribution < 1.29 is 13.2 Å². The van der Waals surface area contributed by atoms with Gasteiger partial charge in [-0.3, -0.25) is 0 Å². The summed E-state index contributed by atoms with van der Waals surface area (Å²) in [6, 6.07) is 0. The Morgan fingerprint density at radius 2 is 2.13 bits per heavy atom. The minimum atomic E-state index is -4.45. The summed E-state index contributed by atoms with van der Waals surface area (Å²) >= 11 is 0.737. The molecule has 1 aromatic rings. The molecule has 0 amide bonds. The third kappa shape index (κ3) is 3.65. The average molecular weight is 239 g/mol. The van der Waals surface area contributed by atoms with Crippen LogP contribution in [0.25, 0.3) is 0 Å². The Balaban J connectivity index is 2.54. The maximum Gasteiger partial charge on any atom is 0.452 e. The van der Waals surface area contributed by atoms with Gasteiger partial charge in [0.15, 0.2) is 0 Å². The van der Waals surface area contributed by atoms with Gasteiger partial charge in [0, 0.05) is 18.1 Å². The highest BCUT2D eigenvalue weighted by Crippen LogP contribution is 2.28. The van der Waals surface area contributed by atoms with Crippen molar-refractivity contribution in [2.75, 3.05) is 11.9 Å². The van der Waals surface area contributed by atoms with Gasteiger partial charge in [0.25, 0.3) is 0 Å². The monoisotopic (exact) mass is 239 g/mol. The quantitative estimate of drug-likeness (QED) is 0.877. The summed E-state index contributed by atoms with van der Waals surface area (Å²) in [5.74, 6) is -0.664. The molecule has 1 N–H and O–H groups in total. The highest BCUT2D eigenvalue weighted by Gasteiger charge is 2.36. The van der Waals surface area contributed by atoms with E-state index in [-0.39, 0.29) is 5.13 Å². The van der Waals surface area contributed by atoms with E-state index in [0.29, 0.717) is 12.5 Å². The maximum absolute atomic E-state index is 12.1. The van der Waals surface area contributed by atoms with Crippen LogP contribution in [0.2, 0.25) is 0 Å². The maximum atomic E-state index is 12.1. The molecule has 0 radical (unpaired) electrons. The molecule has 1 heterocycles. The molecule has 0 saturated heterocycles. The van der Waals surface area contributed by atoms with Crippen LogP contribution < -0.4 is 5.32 Å². The number of nitrogens with one attached hydrogen (secondary N) is 1. The smallest absolute Gasteiger partial charge is 0.360 e. The van der Waals surface area contributed by atoms with Crippen LogP contribution in [0, 0.1) is 5.92 Å². The third-order valence-corrected chi connectivity index (χ3v) is 2.65. The zero-order valence-electron chi connectivity index (χ0n) is 8.43. The Morgan fingerprint density at radius 1 is 1.47 bits per heavy atom. The Labute approximate surface area is 89.9 Å². The lowest BCUT2D eigenvalue weighted by Crippen LogP contribution is -2.11. The lowest BCUT2D eigenvalue weighted by molar-refractivity contribution is -0.144. The summed E-state index contributed by atoms with van der Waals surface area (Å²) in [5, 5.41) is 3.06. The molecule has 7 heteroatoms. The van der Waals surface area contributed by atoms with Crippen molar-refractivity contribution in [3.8, 4) is 0 Å². The second kappa shape index (κ2) is 4.78. The Kier molecular flexibility index (Phi) is 3.90. The lowest BCUT2D eigenvalue weighted by atomic mass is 10.1. The molecular weight excluding hydrogens is 227 g/mol. The van der Waals surface area contributed by atoms with E-state index in [0.717, 1.165) is 18.0 Å². The third-order valence-electron chi connectivity index (χ3n) is 1.98. The average Bonchev–Trinajstić information content (AvgIpc) is 2.61. The van der Waals surface area contributed by atoms with Gasteiger partial charge in [-0.1, -0.05) is 20.3 Å². The van der Waals surface area contributed by atoms with Crippen LogP contribution in [0.1, 0.15) is 26.1 Å². The van der Waals surface area contributed by atoms with Crippen molar-refractivity contribution in [3.63, 3.8) is 0 Å². The van der Waals surface area contributed by atoms with Gasteiger partial charge >= 0.3 is 6.18 Å². The summed E-state index contributed by atoms with van der Waals surface area (Å²) in [5.41, 5.74) is 0. The van der Waals surface area contributed by atoms with Gasteiger partial charge < -0.3 is 5.32 Å². The topological polar surface area (TPSA) is 37.8 Å². The lowest BCUT2D eigenvalue weighted by Gasteiger charge is -2.07. The van der Waals surface area contributed by atoms with E-state index in [9.17, 15) is 13.2 Å². The minimum absolute atomic E-state index is 0.225. The van der Waals surface area contributed by atoms with Crippen molar-refractivity contribution in [2.45, 2.75) is 26.4 Å². The van der Waals surface area contributed by atoms with Crippen LogP contribution in [-0.4, -0.2) is 15.9 Å². The fourth-order valence-electron chi connectivity index (χ4n) is 0.816. The fraction of sp³-hybridized carbons (Fsp3) is 0.750. The second-order valence-electron chi connectivity index (χ2n) is 3.32. The molecule has 86 valence electrons. The summed E-state index contributed by atoms with van der Waals surface area (Å²) in [6.07, 6.45) is -3.48. The summed E-state index contributed by atoms with van der Waals surface area (Å²) in [4.78, 5) is 3.36. The van der Waals surface area contributed by atoms with E-state index in [1.54, 1.807) is 0 Å². The van der Waals surface area contributed by atoms with Crippen LogP contribution in [0.3, 0.4) is 0 Å². The van der Waals surface area contributed by atoms with Crippen molar-refractivity contribution in [1.29, 1.82) is 0 Å². The molecule has 1 atom stereocenters. The zero-order valence-corrected chi connectivity index (χ0v) is 9.24. The van der Waals surface area contributed by atoms with Crippen LogP contribution in [0.5, 0.6) is 0 Å². The normalized spacial score (nSPS) is 13.9. The number of anilines is 1. The van der Waals surface area contributed by atoms with Crippen LogP contribution in [-0.2, 0) is 6.18 Å². The predicted octanol–water partition coefficient (Wildman–Crippen LogP) is 3.01. The van der Waals surface area contributed by atoms with E-state index < -0.39 is 12.0 Å². The molecule has 1 rings (SSSR count). The summed E-state index contributed by atoms with van der Waals surface area (Å²) < 4.78 is 39.6. The van der Waals surface area contributed by atoms with Gasteiger partial charge in [0.1, 0.15) is 0 Å². The summed E-state index contributed by atoms with van der Waals surface area (Å²) in [6.45, 7) is 4.65. The molecule has 0 saturated carbocycles. The van der Waals surface area contributed by atoms with E-state index in [1.165, 1.54) is 0 Å². The second-order valence-corrected chi connectivity index (χ2v) is 4.07. The molecule has 0 aliphatic carbocycles. The van der Waals surface area contributed by atoms with E-state index in [4.69, 9.17) is 0 Å². The fourth-order valence-corrected chi connectivity index (χ4v) is 1.41. The van der Waals surface area contributed by atoms with Crippen molar-refractivity contribution >= 4 is 16.7 Å². The first-order chi connectivity index (χ1) is 6.93. The number of hydrogen-bond acceptors (Lipinski definition) is 4. The van der Waals surface area contributed by atoms with Crippen molar-refractivity contribution in [1.82, 2.24) is 9.36 Å². The largest absolute Gasteiger partial charge is 0.452 e. The Hall–Kier alpha value is -0.850. The standard InChI is InChI=1S/C8H12F3N3S/c1-3-5(2)4-12-7-13-6(14-15-7)8(9,10)11/h5H,3-4H2,1-2H3,(H,12,13,14). The highest BCUT2D eigenvalue weighted by molar-refractivity contribution is 7.09. The van der Waals surface area contributed by atoms with Crippen molar-refractivity contribution in [3.05, 3.63) is 5.82 Å². The number of halogens is 3. The first kappa shape index (κ1) is 12.2. The van der Waals surface area contributed by atoms with Crippen LogP contribution >= 0.6 is 11.5 Å². The van der Waals surface area contributed by atoms with E-state index >= 15 is 0 Å². The van der Waals surface area contributed by atoms with Gasteiger partial charge in [0.05, 0.1) is 0 Å². The number of alkyl halides is 3. The number of rotatable bonds is 4. The van der Waals surface area contributed by atoms with Gasteiger partial charge in [-0.05, 0) is 5.92 Å². The van der Waals surface area contributed by atoms with E-state index in [1.807, 2.05) is 13.8 Å². The zero-order chi connectivity index (χ0) is 11.5. The van der Waals surface area contributed by atoms with Crippen molar-refractivity contribution in [2.24, 2.45) is 5.92 Å². The minimum Gasteiger partial charge on any atom is -0.360 e. The van der Waals surface area contributed by atoms with Gasteiger partial charge in [0.2, 0.25) is 11.0 Å². The van der Waals surface area contributed by atoms with Gasteiger partial charge in [-0.2, -0.15) is 22.5 Å². The number of aromatic nitrogens is 2. The number of nitrogens with zero attached hydrogens (tertiary/aromatic N) is 2. The molecule has 0 aliphatic heterocycles. The van der Waals surface area contributed by atoms with Gasteiger partial charge in [-0.25, -0.2) is 0 Å². The molecule has 0 spiro atoms. The molecule has 0 bridgehead atoms. The van der Waals surface area contributed by atoms with Gasteiger partial charge in [-0.15, -0.1) is 0 Å². The molecule has 0 aliphatic rings. The molecule has 1 unspecified atom stereocenters. The number of hydrogen-bond donors (Lipinski definition) is 1. The molecule has 0 fully saturated rings. The molecule has 3 nitrogen and oxygen atoms in total. The SMILES string of the molecule is CCC(C)CNc1nc(C(F)(F)F)ns1. The molecule has 0 aromatic carbocycles. The highest BCUT2D eigenvalue weighted by atomic mass is 32.1. The van der Waals surface area contributed by atoms with Crippen LogP contribution in [0.15, 0.2) is 0 Å². The molecule has 1 aromatic heterocycles. The summed E-state index contributed by atoms with van der Waals surface area (Å²) in [7, 11) is 0. The molecule has 15 heavy (non-hydrogen) atoms. The Bertz CT molecular complexity index is 310. The predicted molar refractivity (Wildman–Crippen MR) is 52.9 cm³/mol. The first-order valence-corrected chi connectivity index (χ1v) is 5.35. The van der Waals surface area contributed by atoms with Crippen LogP contribution in [0.4, 0.5) is 18.3 Å². The Morgan fingerprint density at radius 3 is 2.60 bits per heavy atom.